The van der Waals surface area contributed by atoms with Crippen LogP contribution >= 0.6 is 0 Å². The normalized spacial score (nSPS) is 10.5. The number of carbonyl (C=O) groups excluding carboxylic acids is 2. The van der Waals surface area contributed by atoms with E-state index in [-0.39, 0.29) is 30.9 Å². The van der Waals surface area contributed by atoms with Gasteiger partial charge in [-0.2, -0.15) is 0 Å². The molecule has 0 aromatic carbocycles. The molecule has 0 spiro atoms. The third-order valence-electron chi connectivity index (χ3n) is 2.58. The van der Waals surface area contributed by atoms with Gasteiger partial charge in [0.15, 0.2) is 0 Å². The van der Waals surface area contributed by atoms with Crippen LogP contribution in [-0.4, -0.2) is 29.6 Å². The predicted molar refractivity (Wildman–Crippen MR) is 72.8 cm³/mol. The Morgan fingerprint density at radius 1 is 1.47 bits per heavy atom. The number of anilines is 1. The van der Waals surface area contributed by atoms with Crippen LogP contribution in [0.1, 0.15) is 43.7 Å². The molecule has 19 heavy (non-hydrogen) atoms. The van der Waals surface area contributed by atoms with Crippen molar-refractivity contribution in [2.45, 2.75) is 33.2 Å². The first-order valence-corrected chi connectivity index (χ1v) is 6.36. The number of nitrogens with two attached hydrogens (primary N) is 1. The van der Waals surface area contributed by atoms with E-state index in [1.807, 2.05) is 13.8 Å². The lowest BCUT2D eigenvalue weighted by molar-refractivity contribution is -0.142. The molecule has 0 unspecified atom stereocenters. The Hall–Kier alpha value is -1.98. The molecule has 6 heteroatoms. The van der Waals surface area contributed by atoms with E-state index in [9.17, 15) is 9.59 Å². The van der Waals surface area contributed by atoms with Crippen LogP contribution in [0.15, 0.2) is 12.3 Å². The van der Waals surface area contributed by atoms with E-state index in [0.29, 0.717) is 18.0 Å². The maximum atomic E-state index is 12.0. The highest BCUT2D eigenvalue weighted by Gasteiger charge is 2.14. The molecule has 1 aromatic rings. The monoisotopic (exact) mass is 267 g/mol. The van der Waals surface area contributed by atoms with Crippen LogP contribution in [0.25, 0.3) is 0 Å². The number of carbonyl (C=O) groups is 2. The minimum absolute atomic E-state index is 0.142. The Kier molecular flexibility index (Phi) is 5.41. The maximum absolute atomic E-state index is 12.0. The summed E-state index contributed by atoms with van der Waals surface area (Å²) in [5, 5.41) is 2.68. The summed E-state index contributed by atoms with van der Waals surface area (Å²) >= 11 is 0. The van der Waals surface area contributed by atoms with Crippen molar-refractivity contribution in [2.24, 2.45) is 0 Å². The second-order valence-corrected chi connectivity index (χ2v) is 4.47. The van der Waals surface area contributed by atoms with E-state index in [2.05, 4.69) is 5.32 Å². The largest absolute Gasteiger partial charge is 0.466 e. The van der Waals surface area contributed by atoms with Crippen LogP contribution in [-0.2, 0) is 9.53 Å². The zero-order valence-electron chi connectivity index (χ0n) is 11.6. The van der Waals surface area contributed by atoms with Crippen LogP contribution < -0.4 is 11.1 Å². The predicted octanol–water partition coefficient (Wildman–Crippen LogP) is 1.33. The highest BCUT2D eigenvalue weighted by Crippen LogP contribution is 2.16. The zero-order chi connectivity index (χ0) is 14.4. The highest BCUT2D eigenvalue weighted by molar-refractivity contribution is 5.94. The third-order valence-corrected chi connectivity index (χ3v) is 2.58. The number of esters is 1. The third kappa shape index (κ3) is 4.31. The molecule has 6 nitrogen and oxygen atoms in total. The smallest absolute Gasteiger partial charge is 0.307 e. The topological polar surface area (TPSA) is 86.3 Å². The first kappa shape index (κ1) is 15.1. The number of hydrogen-bond acceptors (Lipinski definition) is 4. The Morgan fingerprint density at radius 3 is 2.74 bits per heavy atom. The molecule has 1 rings (SSSR count). The van der Waals surface area contributed by atoms with Crippen LogP contribution in [0.4, 0.5) is 5.69 Å². The zero-order valence-corrected chi connectivity index (χ0v) is 11.6. The fraction of sp³-hybridized carbons (Fsp3) is 0.538. The van der Waals surface area contributed by atoms with Crippen molar-refractivity contribution in [3.63, 3.8) is 0 Å². The van der Waals surface area contributed by atoms with E-state index >= 15 is 0 Å². The number of hydrogen-bond donors (Lipinski definition) is 2. The average molecular weight is 267 g/mol. The Bertz CT molecular complexity index is 452. The standard InChI is InChI=1S/C13H21N3O3/c1-4-19-12(17)5-6-15-13(18)11-7-10(14)8-16(11)9(2)3/h7-9H,4-6,14H2,1-3H3,(H,15,18). The second kappa shape index (κ2) is 6.82. The number of ether oxygens (including phenoxy) is 1. The van der Waals surface area contributed by atoms with Crippen molar-refractivity contribution in [2.75, 3.05) is 18.9 Å². The van der Waals surface area contributed by atoms with Gasteiger partial charge in [0.2, 0.25) is 0 Å². The van der Waals surface area contributed by atoms with E-state index in [0.717, 1.165) is 0 Å². The van der Waals surface area contributed by atoms with Crippen LogP contribution in [0, 0.1) is 0 Å². The van der Waals surface area contributed by atoms with Gasteiger partial charge in [-0.3, -0.25) is 9.59 Å². The van der Waals surface area contributed by atoms with E-state index in [4.69, 9.17) is 10.5 Å². The summed E-state index contributed by atoms with van der Waals surface area (Å²) in [6, 6.07) is 1.77. The summed E-state index contributed by atoms with van der Waals surface area (Å²) in [7, 11) is 0. The number of aromatic nitrogens is 1. The summed E-state index contributed by atoms with van der Waals surface area (Å²) in [5.41, 5.74) is 6.74. The lowest BCUT2D eigenvalue weighted by atomic mass is 10.3. The van der Waals surface area contributed by atoms with E-state index < -0.39 is 0 Å². The second-order valence-electron chi connectivity index (χ2n) is 4.47. The molecule has 0 aliphatic heterocycles. The molecule has 106 valence electrons. The van der Waals surface area contributed by atoms with Crippen molar-refractivity contribution in [1.82, 2.24) is 9.88 Å². The molecule has 1 amide bonds. The Morgan fingerprint density at radius 2 is 2.16 bits per heavy atom. The van der Waals surface area contributed by atoms with Crippen LogP contribution in [0.2, 0.25) is 0 Å². The van der Waals surface area contributed by atoms with Crippen molar-refractivity contribution < 1.29 is 14.3 Å². The van der Waals surface area contributed by atoms with Gasteiger partial charge in [-0.05, 0) is 26.8 Å². The Labute approximate surface area is 112 Å². The quantitative estimate of drug-likeness (QED) is 0.761. The summed E-state index contributed by atoms with van der Waals surface area (Å²) in [4.78, 5) is 23.1. The van der Waals surface area contributed by atoms with Gasteiger partial charge >= 0.3 is 5.97 Å². The minimum atomic E-state index is -0.318. The van der Waals surface area contributed by atoms with Gasteiger partial charge in [-0.25, -0.2) is 0 Å². The molecule has 0 saturated carbocycles. The van der Waals surface area contributed by atoms with Gasteiger partial charge in [-0.1, -0.05) is 0 Å². The van der Waals surface area contributed by atoms with Crippen LogP contribution in [0.5, 0.6) is 0 Å². The van der Waals surface area contributed by atoms with Crippen LogP contribution in [0.3, 0.4) is 0 Å². The molecule has 0 aliphatic carbocycles. The molecule has 1 heterocycles. The summed E-state index contributed by atoms with van der Waals surface area (Å²) in [5.74, 6) is -0.559. The molecule has 0 bridgehead atoms. The molecule has 3 N–H and O–H groups in total. The fourth-order valence-corrected chi connectivity index (χ4v) is 1.71. The maximum Gasteiger partial charge on any atom is 0.307 e. The van der Waals surface area contributed by atoms with Gasteiger partial charge in [0.05, 0.1) is 18.7 Å². The molecule has 0 saturated heterocycles. The average Bonchev–Trinajstić information content (AvgIpc) is 2.72. The Balaban J connectivity index is 2.56. The van der Waals surface area contributed by atoms with Crippen molar-refractivity contribution in [1.29, 1.82) is 0 Å². The molecular formula is C13H21N3O3. The van der Waals surface area contributed by atoms with Gasteiger partial charge < -0.3 is 20.4 Å². The minimum Gasteiger partial charge on any atom is -0.466 e. The molecule has 0 radical (unpaired) electrons. The number of nitrogens with one attached hydrogen (secondary N) is 1. The van der Waals surface area contributed by atoms with Gasteiger partial charge in [0, 0.05) is 18.8 Å². The number of nitrogens with zero attached hydrogens (tertiary/aromatic N) is 1. The summed E-state index contributed by atoms with van der Waals surface area (Å²) < 4.78 is 6.58. The molecule has 0 fully saturated rings. The van der Waals surface area contributed by atoms with E-state index in [1.54, 1.807) is 23.8 Å². The first-order valence-electron chi connectivity index (χ1n) is 6.36. The van der Waals surface area contributed by atoms with Gasteiger partial charge in [-0.15, -0.1) is 0 Å². The number of amides is 1. The SMILES string of the molecule is CCOC(=O)CCNC(=O)c1cc(N)cn1C(C)C. The molecular weight excluding hydrogens is 246 g/mol. The van der Waals surface area contributed by atoms with Gasteiger partial charge in [0.1, 0.15) is 5.69 Å². The molecule has 0 aliphatic rings. The fourth-order valence-electron chi connectivity index (χ4n) is 1.71. The van der Waals surface area contributed by atoms with E-state index in [1.165, 1.54) is 0 Å². The highest BCUT2D eigenvalue weighted by atomic mass is 16.5. The van der Waals surface area contributed by atoms with Gasteiger partial charge in [0.25, 0.3) is 5.91 Å². The number of nitrogen functional groups attached to an aromatic ring is 1. The lowest BCUT2D eigenvalue weighted by Crippen LogP contribution is -2.28. The molecule has 0 atom stereocenters. The van der Waals surface area contributed by atoms with Crippen molar-refractivity contribution >= 4 is 17.6 Å². The van der Waals surface area contributed by atoms with Crippen molar-refractivity contribution in [3.8, 4) is 0 Å². The molecule has 1 aromatic heterocycles. The van der Waals surface area contributed by atoms with Crippen molar-refractivity contribution in [3.05, 3.63) is 18.0 Å². The summed E-state index contributed by atoms with van der Waals surface area (Å²) in [6.45, 7) is 6.28. The first-order chi connectivity index (χ1) is 8.95. The lowest BCUT2D eigenvalue weighted by Gasteiger charge is -2.12. The summed E-state index contributed by atoms with van der Waals surface area (Å²) in [6.07, 6.45) is 1.89. The number of rotatable bonds is 6.